The summed E-state index contributed by atoms with van der Waals surface area (Å²) < 4.78 is 20.7. The summed E-state index contributed by atoms with van der Waals surface area (Å²) in [5.74, 6) is -1.12. The zero-order valence-corrected chi connectivity index (χ0v) is 12.0. The fourth-order valence-electron chi connectivity index (χ4n) is 1.90. The molecule has 0 saturated carbocycles. The van der Waals surface area contributed by atoms with Crippen LogP contribution in [0.2, 0.25) is 0 Å². The van der Waals surface area contributed by atoms with E-state index in [2.05, 4.69) is 6.58 Å². The summed E-state index contributed by atoms with van der Waals surface area (Å²) in [7, 11) is 0. The Balaban J connectivity index is 3.02. The minimum absolute atomic E-state index is 0.0433. The quantitative estimate of drug-likeness (QED) is 0.753. The van der Waals surface area contributed by atoms with Gasteiger partial charge in [0.05, 0.1) is 6.10 Å². The van der Waals surface area contributed by atoms with E-state index in [0.29, 0.717) is 0 Å². The molecule has 114 valence electrons. The van der Waals surface area contributed by atoms with Crippen molar-refractivity contribution in [2.24, 2.45) is 0 Å². The Morgan fingerprint density at radius 1 is 1.20 bits per heavy atom. The second-order valence-corrected chi connectivity index (χ2v) is 4.73. The van der Waals surface area contributed by atoms with Crippen LogP contribution < -0.4 is 0 Å². The Hall–Kier alpha value is -1.60. The van der Waals surface area contributed by atoms with Gasteiger partial charge in [0.1, 0.15) is 11.9 Å². The lowest BCUT2D eigenvalue weighted by Crippen LogP contribution is -2.56. The lowest BCUT2D eigenvalue weighted by Gasteiger charge is -2.40. The molecule has 7 heteroatoms. The average molecular weight is 288 g/mol. The molecule has 0 aromatic carbocycles. The molecule has 1 fully saturated rings. The maximum absolute atomic E-state index is 11.2. The highest BCUT2D eigenvalue weighted by molar-refractivity contribution is 5.67. The minimum atomic E-state index is -1.43. The fraction of sp³-hybridized carbons (Fsp3) is 0.692. The van der Waals surface area contributed by atoms with Gasteiger partial charge in [-0.15, -0.1) is 0 Å². The van der Waals surface area contributed by atoms with Gasteiger partial charge in [0, 0.05) is 13.8 Å². The molecular weight excluding hydrogens is 268 g/mol. The van der Waals surface area contributed by atoms with Crippen molar-refractivity contribution in [2.75, 3.05) is 0 Å². The number of rotatable bonds is 4. The predicted octanol–water partition coefficient (Wildman–Crippen LogP) is 0.506. The Morgan fingerprint density at radius 3 is 2.20 bits per heavy atom. The normalized spacial score (nSPS) is 29.8. The number of hydrogen-bond donors (Lipinski definition) is 1. The third-order valence-electron chi connectivity index (χ3n) is 2.52. The monoisotopic (exact) mass is 288 g/mol. The van der Waals surface area contributed by atoms with Crippen molar-refractivity contribution >= 4 is 11.9 Å². The number of carbonyl (C=O) groups excluding carboxylic acids is 2. The Kier molecular flexibility index (Phi) is 5.52. The average Bonchev–Trinajstić information content (AvgIpc) is 2.27. The Morgan fingerprint density at radius 2 is 1.75 bits per heavy atom. The molecule has 0 aromatic heterocycles. The van der Waals surface area contributed by atoms with Gasteiger partial charge in [0.2, 0.25) is 6.29 Å². The number of carbonyl (C=O) groups is 2. The SMILES string of the molecule is C=C1OC(O)C(OC(C)=O)[C@H](OC(C)C)C1OC(C)=O. The van der Waals surface area contributed by atoms with E-state index in [0.717, 1.165) is 0 Å². The summed E-state index contributed by atoms with van der Waals surface area (Å²) in [6.45, 7) is 9.54. The van der Waals surface area contributed by atoms with Gasteiger partial charge in [0.15, 0.2) is 12.2 Å². The molecule has 0 aliphatic carbocycles. The standard InChI is InChI=1S/C13H20O7/c1-6(2)17-11-10(19-8(4)14)7(3)18-13(16)12(11)20-9(5)15/h6,10-13,16H,3H2,1-2,4-5H3/t10?,11-,12?,13?/m1/s1. The molecule has 4 atom stereocenters. The van der Waals surface area contributed by atoms with Crippen molar-refractivity contribution in [1.29, 1.82) is 0 Å². The van der Waals surface area contributed by atoms with Crippen LogP contribution in [0.5, 0.6) is 0 Å². The first-order valence-electron chi connectivity index (χ1n) is 6.25. The van der Waals surface area contributed by atoms with Crippen LogP contribution in [-0.4, -0.2) is 47.8 Å². The molecule has 7 nitrogen and oxygen atoms in total. The summed E-state index contributed by atoms with van der Waals surface area (Å²) in [6.07, 6.45) is -4.62. The van der Waals surface area contributed by atoms with Crippen LogP contribution in [0, 0.1) is 0 Å². The van der Waals surface area contributed by atoms with Crippen molar-refractivity contribution in [3.05, 3.63) is 12.3 Å². The van der Waals surface area contributed by atoms with Crippen LogP contribution in [0.15, 0.2) is 12.3 Å². The maximum Gasteiger partial charge on any atom is 0.303 e. The van der Waals surface area contributed by atoms with Crippen LogP contribution in [0.25, 0.3) is 0 Å². The number of aliphatic hydroxyl groups is 1. The zero-order chi connectivity index (χ0) is 15.4. The predicted molar refractivity (Wildman–Crippen MR) is 67.3 cm³/mol. The summed E-state index contributed by atoms with van der Waals surface area (Å²) in [5.41, 5.74) is 0. The van der Waals surface area contributed by atoms with E-state index in [1.165, 1.54) is 13.8 Å². The zero-order valence-electron chi connectivity index (χ0n) is 12.0. The van der Waals surface area contributed by atoms with Gasteiger partial charge in [0.25, 0.3) is 0 Å². The summed E-state index contributed by atoms with van der Waals surface area (Å²) in [4.78, 5) is 22.3. The number of aliphatic hydroxyl groups excluding tert-OH is 1. The van der Waals surface area contributed by atoms with Crippen molar-refractivity contribution in [1.82, 2.24) is 0 Å². The summed E-state index contributed by atoms with van der Waals surface area (Å²) in [6, 6.07) is 0. The van der Waals surface area contributed by atoms with Crippen LogP contribution in [0.4, 0.5) is 0 Å². The van der Waals surface area contributed by atoms with E-state index in [4.69, 9.17) is 18.9 Å². The molecule has 20 heavy (non-hydrogen) atoms. The first-order chi connectivity index (χ1) is 9.22. The third-order valence-corrected chi connectivity index (χ3v) is 2.52. The van der Waals surface area contributed by atoms with Gasteiger partial charge in [-0.2, -0.15) is 0 Å². The lowest BCUT2D eigenvalue weighted by atomic mass is 10.0. The van der Waals surface area contributed by atoms with Gasteiger partial charge in [-0.25, -0.2) is 0 Å². The molecule has 1 N–H and O–H groups in total. The third kappa shape index (κ3) is 4.21. The number of ether oxygens (including phenoxy) is 4. The Labute approximate surface area is 117 Å². The summed E-state index contributed by atoms with van der Waals surface area (Å²) >= 11 is 0. The molecule has 0 spiro atoms. The van der Waals surface area contributed by atoms with E-state index < -0.39 is 36.5 Å². The van der Waals surface area contributed by atoms with Gasteiger partial charge >= 0.3 is 11.9 Å². The highest BCUT2D eigenvalue weighted by Gasteiger charge is 2.47. The fourth-order valence-corrected chi connectivity index (χ4v) is 1.90. The van der Waals surface area contributed by atoms with Crippen molar-refractivity contribution in [2.45, 2.75) is 58.4 Å². The maximum atomic E-state index is 11.2. The molecule has 1 aliphatic heterocycles. The first kappa shape index (κ1) is 16.5. The number of esters is 2. The topological polar surface area (TPSA) is 91.3 Å². The van der Waals surface area contributed by atoms with E-state index in [1.54, 1.807) is 13.8 Å². The van der Waals surface area contributed by atoms with Crippen LogP contribution in [0.3, 0.4) is 0 Å². The van der Waals surface area contributed by atoms with Crippen molar-refractivity contribution in [3.8, 4) is 0 Å². The first-order valence-corrected chi connectivity index (χ1v) is 6.25. The summed E-state index contributed by atoms with van der Waals surface area (Å²) in [5, 5.41) is 9.84. The van der Waals surface area contributed by atoms with Gasteiger partial charge < -0.3 is 24.1 Å². The van der Waals surface area contributed by atoms with E-state index in [9.17, 15) is 14.7 Å². The smallest absolute Gasteiger partial charge is 0.303 e. The largest absolute Gasteiger partial charge is 0.462 e. The second kappa shape index (κ2) is 6.71. The highest BCUT2D eigenvalue weighted by atomic mass is 16.7. The van der Waals surface area contributed by atoms with E-state index in [1.807, 2.05) is 0 Å². The van der Waals surface area contributed by atoms with E-state index >= 15 is 0 Å². The molecule has 1 heterocycles. The molecule has 1 rings (SSSR count). The Bertz CT molecular complexity index is 390. The second-order valence-electron chi connectivity index (χ2n) is 4.73. The van der Waals surface area contributed by atoms with Gasteiger partial charge in [-0.05, 0) is 13.8 Å². The number of hydrogen-bond acceptors (Lipinski definition) is 7. The molecule has 0 amide bonds. The minimum Gasteiger partial charge on any atom is -0.462 e. The van der Waals surface area contributed by atoms with Gasteiger partial charge in [-0.1, -0.05) is 6.58 Å². The van der Waals surface area contributed by atoms with Crippen LogP contribution in [0.1, 0.15) is 27.7 Å². The van der Waals surface area contributed by atoms with Crippen LogP contribution in [-0.2, 0) is 28.5 Å². The lowest BCUT2D eigenvalue weighted by molar-refractivity contribution is -0.254. The molecular formula is C13H20O7. The molecule has 3 unspecified atom stereocenters. The van der Waals surface area contributed by atoms with Crippen LogP contribution >= 0.6 is 0 Å². The highest BCUT2D eigenvalue weighted by Crippen LogP contribution is 2.29. The molecule has 0 aromatic rings. The van der Waals surface area contributed by atoms with Crippen molar-refractivity contribution < 1.29 is 33.6 Å². The van der Waals surface area contributed by atoms with E-state index in [-0.39, 0.29) is 11.9 Å². The van der Waals surface area contributed by atoms with Gasteiger partial charge in [-0.3, -0.25) is 9.59 Å². The molecule has 1 saturated heterocycles. The van der Waals surface area contributed by atoms with Crippen molar-refractivity contribution in [3.63, 3.8) is 0 Å². The molecule has 0 bridgehead atoms. The molecule has 1 aliphatic rings. The molecule has 0 radical (unpaired) electrons.